The van der Waals surface area contributed by atoms with E-state index < -0.39 is 0 Å². The first-order chi connectivity index (χ1) is 11.0. The average molecular weight is 337 g/mol. The molecular formula is C17H25ClN4O. The lowest BCUT2D eigenvalue weighted by molar-refractivity contribution is -0.130. The van der Waals surface area contributed by atoms with Gasteiger partial charge in [0.05, 0.1) is 5.02 Å². The SMILES string of the molecule is CC(=O)N1CCN([C@H]2CN(Cc3ccncc3Cl)C[C@@H]2C)CC1. The van der Waals surface area contributed by atoms with Gasteiger partial charge in [-0.3, -0.25) is 19.6 Å². The van der Waals surface area contributed by atoms with Crippen LogP contribution in [0.2, 0.25) is 5.02 Å². The number of carbonyl (C=O) groups is 1. The predicted molar refractivity (Wildman–Crippen MR) is 91.3 cm³/mol. The Balaban J connectivity index is 1.57. The average Bonchev–Trinajstić information content (AvgIpc) is 2.90. The molecular weight excluding hydrogens is 312 g/mol. The van der Waals surface area contributed by atoms with Gasteiger partial charge in [-0.25, -0.2) is 0 Å². The highest BCUT2D eigenvalue weighted by atomic mass is 35.5. The Morgan fingerprint density at radius 3 is 2.70 bits per heavy atom. The third kappa shape index (κ3) is 3.84. The minimum atomic E-state index is 0.193. The van der Waals surface area contributed by atoms with Crippen LogP contribution in [0.1, 0.15) is 19.4 Å². The van der Waals surface area contributed by atoms with Gasteiger partial charge in [0.25, 0.3) is 0 Å². The van der Waals surface area contributed by atoms with Crippen LogP contribution in [0.4, 0.5) is 0 Å². The molecule has 1 aromatic heterocycles. The number of pyridine rings is 1. The first-order valence-corrected chi connectivity index (χ1v) is 8.72. The van der Waals surface area contributed by atoms with Crippen molar-refractivity contribution in [3.8, 4) is 0 Å². The summed E-state index contributed by atoms with van der Waals surface area (Å²) in [5, 5.41) is 0.749. The van der Waals surface area contributed by atoms with Crippen molar-refractivity contribution in [1.82, 2.24) is 19.7 Å². The number of nitrogens with zero attached hydrogens (tertiary/aromatic N) is 4. The molecule has 0 radical (unpaired) electrons. The normalized spacial score (nSPS) is 26.7. The van der Waals surface area contributed by atoms with E-state index in [2.05, 4.69) is 21.7 Å². The number of piperazine rings is 1. The number of hydrogen-bond acceptors (Lipinski definition) is 4. The summed E-state index contributed by atoms with van der Waals surface area (Å²) >= 11 is 6.23. The molecule has 2 aliphatic rings. The van der Waals surface area contributed by atoms with Gasteiger partial charge in [0.1, 0.15) is 0 Å². The molecule has 3 rings (SSSR count). The van der Waals surface area contributed by atoms with Crippen LogP contribution in [-0.2, 0) is 11.3 Å². The number of amides is 1. The molecule has 3 heterocycles. The summed E-state index contributed by atoms with van der Waals surface area (Å²) in [5.41, 5.74) is 1.15. The van der Waals surface area contributed by atoms with E-state index in [9.17, 15) is 4.79 Å². The predicted octanol–water partition coefficient (Wildman–Crippen LogP) is 1.72. The highest BCUT2D eigenvalue weighted by Gasteiger charge is 2.35. The smallest absolute Gasteiger partial charge is 0.219 e. The number of rotatable bonds is 3. The summed E-state index contributed by atoms with van der Waals surface area (Å²) in [7, 11) is 0. The molecule has 2 aliphatic heterocycles. The zero-order valence-electron chi connectivity index (χ0n) is 13.9. The molecule has 0 bridgehead atoms. The number of hydrogen-bond donors (Lipinski definition) is 0. The Morgan fingerprint density at radius 2 is 2.04 bits per heavy atom. The van der Waals surface area contributed by atoms with Crippen LogP contribution in [0, 0.1) is 5.92 Å². The standard InChI is InChI=1S/C17H25ClN4O/c1-13-10-20(11-15-3-4-19-9-16(15)18)12-17(13)22-7-5-21(6-8-22)14(2)23/h3-4,9,13,17H,5-8,10-12H2,1-2H3/t13-,17-/m0/s1. The Hall–Kier alpha value is -1.17. The first kappa shape index (κ1) is 16.7. The Kier molecular flexibility index (Phi) is 5.19. The zero-order valence-corrected chi connectivity index (χ0v) is 14.7. The van der Waals surface area contributed by atoms with Crippen molar-refractivity contribution in [3.63, 3.8) is 0 Å². The molecule has 2 saturated heterocycles. The monoisotopic (exact) mass is 336 g/mol. The van der Waals surface area contributed by atoms with E-state index in [1.54, 1.807) is 19.3 Å². The lowest BCUT2D eigenvalue weighted by atomic mass is 10.0. The van der Waals surface area contributed by atoms with Crippen molar-refractivity contribution in [2.24, 2.45) is 5.92 Å². The van der Waals surface area contributed by atoms with Crippen LogP contribution < -0.4 is 0 Å². The highest BCUT2D eigenvalue weighted by molar-refractivity contribution is 6.31. The van der Waals surface area contributed by atoms with Gasteiger partial charge in [0.15, 0.2) is 0 Å². The summed E-state index contributed by atoms with van der Waals surface area (Å²) in [6.45, 7) is 10.7. The van der Waals surface area contributed by atoms with E-state index in [1.807, 2.05) is 11.0 Å². The van der Waals surface area contributed by atoms with Gasteiger partial charge in [0, 0.05) is 71.2 Å². The third-order valence-electron chi connectivity index (χ3n) is 5.13. The van der Waals surface area contributed by atoms with Gasteiger partial charge in [-0.1, -0.05) is 18.5 Å². The molecule has 2 atom stereocenters. The summed E-state index contributed by atoms with van der Waals surface area (Å²) in [6, 6.07) is 2.58. The van der Waals surface area contributed by atoms with Gasteiger partial charge < -0.3 is 4.90 Å². The van der Waals surface area contributed by atoms with Crippen LogP contribution in [0.25, 0.3) is 0 Å². The zero-order chi connectivity index (χ0) is 16.4. The van der Waals surface area contributed by atoms with Crippen molar-refractivity contribution in [2.75, 3.05) is 39.3 Å². The number of halogens is 1. The molecule has 6 heteroatoms. The fourth-order valence-corrected chi connectivity index (χ4v) is 3.97. The molecule has 2 fully saturated rings. The van der Waals surface area contributed by atoms with Gasteiger partial charge in [0.2, 0.25) is 5.91 Å². The molecule has 126 valence electrons. The molecule has 0 aliphatic carbocycles. The largest absolute Gasteiger partial charge is 0.340 e. The molecule has 1 amide bonds. The second-order valence-corrected chi connectivity index (χ2v) is 7.16. The summed E-state index contributed by atoms with van der Waals surface area (Å²) < 4.78 is 0. The van der Waals surface area contributed by atoms with E-state index in [1.165, 1.54) is 0 Å². The molecule has 0 unspecified atom stereocenters. The van der Waals surface area contributed by atoms with Gasteiger partial charge in [-0.05, 0) is 17.5 Å². The topological polar surface area (TPSA) is 39.7 Å². The van der Waals surface area contributed by atoms with Gasteiger partial charge in [-0.2, -0.15) is 0 Å². The molecule has 0 saturated carbocycles. The molecule has 1 aromatic rings. The molecule has 5 nitrogen and oxygen atoms in total. The highest BCUT2D eigenvalue weighted by Crippen LogP contribution is 2.26. The summed E-state index contributed by atoms with van der Waals surface area (Å²) in [6.07, 6.45) is 3.52. The van der Waals surface area contributed by atoms with Crippen LogP contribution in [-0.4, -0.2) is 70.9 Å². The quantitative estimate of drug-likeness (QED) is 0.842. The van der Waals surface area contributed by atoms with Crippen LogP contribution in [0.15, 0.2) is 18.5 Å². The van der Waals surface area contributed by atoms with E-state index in [-0.39, 0.29) is 5.91 Å². The number of likely N-dealkylation sites (tertiary alicyclic amines) is 1. The fourth-order valence-electron chi connectivity index (χ4n) is 3.79. The maximum absolute atomic E-state index is 11.5. The Bertz CT molecular complexity index is 559. The minimum absolute atomic E-state index is 0.193. The van der Waals surface area contributed by atoms with Crippen molar-refractivity contribution in [3.05, 3.63) is 29.0 Å². The summed E-state index contributed by atoms with van der Waals surface area (Å²) in [4.78, 5) is 22.5. The lowest BCUT2D eigenvalue weighted by Crippen LogP contribution is -2.53. The lowest BCUT2D eigenvalue weighted by Gasteiger charge is -2.39. The summed E-state index contributed by atoms with van der Waals surface area (Å²) in [5.74, 6) is 0.831. The maximum atomic E-state index is 11.5. The maximum Gasteiger partial charge on any atom is 0.219 e. The van der Waals surface area contributed by atoms with Gasteiger partial charge >= 0.3 is 0 Å². The minimum Gasteiger partial charge on any atom is -0.340 e. The van der Waals surface area contributed by atoms with Crippen molar-refractivity contribution >= 4 is 17.5 Å². The van der Waals surface area contributed by atoms with Crippen molar-refractivity contribution in [1.29, 1.82) is 0 Å². The Morgan fingerprint density at radius 1 is 1.30 bits per heavy atom. The van der Waals surface area contributed by atoms with E-state index >= 15 is 0 Å². The number of aromatic nitrogens is 1. The van der Waals surface area contributed by atoms with Crippen LogP contribution in [0.3, 0.4) is 0 Å². The Labute approximate surface area is 143 Å². The van der Waals surface area contributed by atoms with E-state index in [0.717, 1.165) is 56.4 Å². The van der Waals surface area contributed by atoms with Gasteiger partial charge in [-0.15, -0.1) is 0 Å². The van der Waals surface area contributed by atoms with Crippen molar-refractivity contribution in [2.45, 2.75) is 26.4 Å². The number of carbonyl (C=O) groups excluding carboxylic acids is 1. The first-order valence-electron chi connectivity index (χ1n) is 8.35. The second-order valence-electron chi connectivity index (χ2n) is 6.75. The third-order valence-corrected chi connectivity index (χ3v) is 5.47. The van der Waals surface area contributed by atoms with Crippen LogP contribution in [0.5, 0.6) is 0 Å². The van der Waals surface area contributed by atoms with Crippen molar-refractivity contribution < 1.29 is 4.79 Å². The molecule has 0 N–H and O–H groups in total. The molecule has 23 heavy (non-hydrogen) atoms. The fraction of sp³-hybridized carbons (Fsp3) is 0.647. The van der Waals surface area contributed by atoms with Crippen LogP contribution >= 0.6 is 11.6 Å². The second kappa shape index (κ2) is 7.16. The van der Waals surface area contributed by atoms with E-state index in [0.29, 0.717) is 12.0 Å². The molecule has 0 aromatic carbocycles. The van der Waals surface area contributed by atoms with E-state index in [4.69, 9.17) is 11.6 Å². The molecule has 0 spiro atoms.